The van der Waals surface area contributed by atoms with Crippen molar-refractivity contribution < 1.29 is 0 Å². The first-order valence-corrected chi connectivity index (χ1v) is 3.80. The molecule has 66 valence electrons. The van der Waals surface area contributed by atoms with Gasteiger partial charge in [0.15, 0.2) is 0 Å². The van der Waals surface area contributed by atoms with Crippen molar-refractivity contribution >= 4 is 11.6 Å². The summed E-state index contributed by atoms with van der Waals surface area (Å²) in [5.41, 5.74) is 5.71. The molecule has 2 N–H and O–H groups in total. The van der Waals surface area contributed by atoms with Crippen LogP contribution in [-0.2, 0) is 0 Å². The van der Waals surface area contributed by atoms with Crippen LogP contribution in [0.3, 0.4) is 0 Å². The van der Waals surface area contributed by atoms with Crippen molar-refractivity contribution in [2.45, 2.75) is 6.92 Å². The van der Waals surface area contributed by atoms with E-state index in [1.807, 2.05) is 38.1 Å². The molecule has 0 unspecified atom stereocenters. The third-order valence-corrected chi connectivity index (χ3v) is 1.62. The second-order valence-corrected chi connectivity index (χ2v) is 2.71. The molecule has 12 heavy (non-hydrogen) atoms. The third-order valence-electron chi connectivity index (χ3n) is 1.62. The SMILES string of the molecule is C/C=C(/N)n1nccc1N(C)C. The number of nitrogens with two attached hydrogens (primary N) is 1. The van der Waals surface area contributed by atoms with Gasteiger partial charge in [0, 0.05) is 20.2 Å². The fourth-order valence-corrected chi connectivity index (χ4v) is 0.956. The summed E-state index contributed by atoms with van der Waals surface area (Å²) in [6.45, 7) is 1.89. The third kappa shape index (κ3) is 1.42. The molecular weight excluding hydrogens is 152 g/mol. The Labute approximate surface area is 72.3 Å². The summed E-state index contributed by atoms with van der Waals surface area (Å²) in [5.74, 6) is 1.62. The number of allylic oxidation sites excluding steroid dienone is 1. The van der Waals surface area contributed by atoms with Gasteiger partial charge >= 0.3 is 0 Å². The van der Waals surface area contributed by atoms with Crippen molar-refractivity contribution in [3.8, 4) is 0 Å². The minimum absolute atomic E-state index is 0.642. The number of hydrogen-bond acceptors (Lipinski definition) is 3. The molecule has 4 heteroatoms. The second kappa shape index (κ2) is 3.30. The summed E-state index contributed by atoms with van der Waals surface area (Å²) in [7, 11) is 3.91. The largest absolute Gasteiger partial charge is 0.384 e. The molecule has 0 aliphatic rings. The highest BCUT2D eigenvalue weighted by Crippen LogP contribution is 2.12. The summed E-state index contributed by atoms with van der Waals surface area (Å²) < 4.78 is 1.69. The maximum absolute atomic E-state index is 5.71. The van der Waals surface area contributed by atoms with Crippen LogP contribution >= 0.6 is 0 Å². The molecular formula is C8H14N4. The molecule has 1 rings (SSSR count). The smallest absolute Gasteiger partial charge is 0.133 e. The molecule has 0 radical (unpaired) electrons. The van der Waals surface area contributed by atoms with Crippen LogP contribution in [0, 0.1) is 0 Å². The number of anilines is 1. The maximum Gasteiger partial charge on any atom is 0.133 e. The Kier molecular flexibility index (Phi) is 2.38. The summed E-state index contributed by atoms with van der Waals surface area (Å²) >= 11 is 0. The molecule has 1 heterocycles. The van der Waals surface area contributed by atoms with Crippen molar-refractivity contribution in [3.05, 3.63) is 18.3 Å². The molecule has 0 saturated heterocycles. The van der Waals surface area contributed by atoms with Crippen molar-refractivity contribution in [2.75, 3.05) is 19.0 Å². The predicted molar refractivity (Wildman–Crippen MR) is 50.7 cm³/mol. The van der Waals surface area contributed by atoms with Gasteiger partial charge in [0.05, 0.1) is 6.20 Å². The lowest BCUT2D eigenvalue weighted by Gasteiger charge is -2.13. The Morgan fingerprint density at radius 3 is 2.83 bits per heavy atom. The van der Waals surface area contributed by atoms with E-state index in [9.17, 15) is 0 Å². The van der Waals surface area contributed by atoms with E-state index in [4.69, 9.17) is 5.73 Å². The van der Waals surface area contributed by atoms with Crippen LogP contribution in [0.15, 0.2) is 18.3 Å². The van der Waals surface area contributed by atoms with E-state index in [2.05, 4.69) is 5.10 Å². The second-order valence-electron chi connectivity index (χ2n) is 2.71. The maximum atomic E-state index is 5.71. The number of aromatic nitrogens is 2. The van der Waals surface area contributed by atoms with Gasteiger partial charge in [-0.1, -0.05) is 0 Å². The van der Waals surface area contributed by atoms with Crippen LogP contribution in [0.5, 0.6) is 0 Å². The highest BCUT2D eigenvalue weighted by Gasteiger charge is 2.04. The van der Waals surface area contributed by atoms with Gasteiger partial charge in [0.1, 0.15) is 11.6 Å². The Bertz CT molecular complexity index is 285. The summed E-state index contributed by atoms with van der Waals surface area (Å²) in [5, 5.41) is 4.09. The van der Waals surface area contributed by atoms with E-state index in [1.54, 1.807) is 10.9 Å². The monoisotopic (exact) mass is 166 g/mol. The predicted octanol–water partition coefficient (Wildman–Crippen LogP) is 0.726. The normalized spacial score (nSPS) is 11.8. The molecule has 0 saturated carbocycles. The fraction of sp³-hybridized carbons (Fsp3) is 0.375. The lowest BCUT2D eigenvalue weighted by molar-refractivity contribution is 0.859. The van der Waals surface area contributed by atoms with E-state index in [1.165, 1.54) is 0 Å². The first-order chi connectivity index (χ1) is 5.66. The first kappa shape index (κ1) is 8.64. The van der Waals surface area contributed by atoms with E-state index >= 15 is 0 Å². The van der Waals surface area contributed by atoms with Crippen LogP contribution < -0.4 is 10.6 Å². The molecule has 0 atom stereocenters. The zero-order valence-corrected chi connectivity index (χ0v) is 7.65. The minimum Gasteiger partial charge on any atom is -0.384 e. The molecule has 0 bridgehead atoms. The van der Waals surface area contributed by atoms with Crippen LogP contribution in [0.1, 0.15) is 6.92 Å². The molecule has 1 aromatic heterocycles. The van der Waals surface area contributed by atoms with Gasteiger partial charge in [-0.15, -0.1) is 0 Å². The van der Waals surface area contributed by atoms with Gasteiger partial charge in [0.25, 0.3) is 0 Å². The number of nitrogens with zero attached hydrogens (tertiary/aromatic N) is 3. The molecule has 0 fully saturated rings. The van der Waals surface area contributed by atoms with Crippen molar-refractivity contribution in [1.82, 2.24) is 9.78 Å². The standard InChI is InChI=1S/C8H14N4/c1-4-7(9)12-8(11(2)3)5-6-10-12/h4-6H,9H2,1-3H3/b7-4-. The summed E-state index contributed by atoms with van der Waals surface area (Å²) in [6, 6.07) is 1.91. The van der Waals surface area contributed by atoms with Crippen LogP contribution in [0.4, 0.5) is 5.82 Å². The van der Waals surface area contributed by atoms with Crippen molar-refractivity contribution in [3.63, 3.8) is 0 Å². The van der Waals surface area contributed by atoms with Crippen LogP contribution in [-0.4, -0.2) is 23.9 Å². The Hall–Kier alpha value is -1.45. The van der Waals surface area contributed by atoms with Crippen molar-refractivity contribution in [2.24, 2.45) is 5.73 Å². The van der Waals surface area contributed by atoms with Gasteiger partial charge in [0.2, 0.25) is 0 Å². The topological polar surface area (TPSA) is 47.1 Å². The van der Waals surface area contributed by atoms with Gasteiger partial charge in [-0.2, -0.15) is 5.10 Å². The molecule has 0 spiro atoms. The molecule has 1 aromatic rings. The van der Waals surface area contributed by atoms with E-state index in [-0.39, 0.29) is 0 Å². The van der Waals surface area contributed by atoms with E-state index in [0.717, 1.165) is 5.82 Å². The molecule has 4 nitrogen and oxygen atoms in total. The van der Waals surface area contributed by atoms with Crippen molar-refractivity contribution in [1.29, 1.82) is 0 Å². The lowest BCUT2D eigenvalue weighted by Crippen LogP contribution is -2.17. The summed E-state index contributed by atoms with van der Waals surface area (Å²) in [4.78, 5) is 1.96. The molecule has 0 aliphatic heterocycles. The highest BCUT2D eigenvalue weighted by molar-refractivity contribution is 5.50. The van der Waals surface area contributed by atoms with E-state index in [0.29, 0.717) is 5.82 Å². The van der Waals surface area contributed by atoms with Crippen LogP contribution in [0.2, 0.25) is 0 Å². The minimum atomic E-state index is 0.642. The highest BCUT2D eigenvalue weighted by atomic mass is 15.4. The number of rotatable bonds is 2. The zero-order valence-electron chi connectivity index (χ0n) is 7.65. The van der Waals surface area contributed by atoms with Gasteiger partial charge in [-0.25, -0.2) is 4.68 Å². The van der Waals surface area contributed by atoms with E-state index < -0.39 is 0 Å². The Balaban J connectivity index is 3.07. The lowest BCUT2D eigenvalue weighted by atomic mass is 10.5. The average Bonchev–Trinajstić information content (AvgIpc) is 2.50. The van der Waals surface area contributed by atoms with Gasteiger partial charge in [-0.05, 0) is 13.0 Å². The van der Waals surface area contributed by atoms with Crippen LogP contribution in [0.25, 0.3) is 5.82 Å². The summed E-state index contributed by atoms with van der Waals surface area (Å²) in [6.07, 6.45) is 3.55. The molecule has 0 amide bonds. The Morgan fingerprint density at radius 1 is 1.67 bits per heavy atom. The Morgan fingerprint density at radius 2 is 2.33 bits per heavy atom. The number of hydrogen-bond donors (Lipinski definition) is 1. The van der Waals surface area contributed by atoms with Gasteiger partial charge < -0.3 is 10.6 Å². The molecule has 0 aromatic carbocycles. The molecule has 0 aliphatic carbocycles. The van der Waals surface area contributed by atoms with Gasteiger partial charge in [-0.3, -0.25) is 0 Å². The first-order valence-electron chi connectivity index (χ1n) is 3.80. The average molecular weight is 166 g/mol. The quantitative estimate of drug-likeness (QED) is 0.704. The fourth-order valence-electron chi connectivity index (χ4n) is 0.956. The zero-order chi connectivity index (χ0) is 9.14.